The standard InChI is InChI=1S/C26H49N7O9/c1-21(2)5-3-4-6-28-26(41)29-42-16-7-27-22(34)17-30-8-10-31(18-23(35)36)12-14-33(20-25(39)40)15-13-32(11-9-30)19-24(37)38/h21H,3-20H2,1-2H3,(H,27,34)(H,35,36)(H,37,38)(H,39,40)(H2,28,29,41). The first-order valence-corrected chi connectivity index (χ1v) is 14.4. The zero-order chi connectivity index (χ0) is 31.3. The molecule has 1 fully saturated rings. The molecule has 3 amide bonds. The lowest BCUT2D eigenvalue weighted by Gasteiger charge is -2.32. The molecule has 6 N–H and O–H groups in total. The van der Waals surface area contributed by atoms with Crippen molar-refractivity contribution in [3.63, 3.8) is 0 Å². The van der Waals surface area contributed by atoms with Crippen LogP contribution in [0.15, 0.2) is 0 Å². The number of hydrogen-bond donors (Lipinski definition) is 6. The highest BCUT2D eigenvalue weighted by Gasteiger charge is 2.21. The fraction of sp³-hybridized carbons (Fsp3) is 0.808. The normalized spacial score (nSPS) is 16.7. The molecule has 0 aromatic carbocycles. The second-order valence-electron chi connectivity index (χ2n) is 10.7. The van der Waals surface area contributed by atoms with Gasteiger partial charge in [0.05, 0.1) is 32.8 Å². The lowest BCUT2D eigenvalue weighted by molar-refractivity contribution is -0.140. The molecule has 0 aromatic heterocycles. The van der Waals surface area contributed by atoms with Gasteiger partial charge in [-0.15, -0.1) is 0 Å². The molecular weight excluding hydrogens is 554 g/mol. The van der Waals surface area contributed by atoms with Crippen molar-refractivity contribution in [1.82, 2.24) is 35.7 Å². The predicted octanol–water partition coefficient (Wildman–Crippen LogP) is -1.36. The van der Waals surface area contributed by atoms with Crippen LogP contribution in [-0.2, 0) is 24.0 Å². The van der Waals surface area contributed by atoms with Gasteiger partial charge in [-0.25, -0.2) is 10.3 Å². The van der Waals surface area contributed by atoms with Crippen molar-refractivity contribution in [3.8, 4) is 0 Å². The number of carbonyl (C=O) groups is 5. The van der Waals surface area contributed by atoms with Gasteiger partial charge in [-0.1, -0.05) is 26.7 Å². The third-order valence-electron chi connectivity index (χ3n) is 6.56. The van der Waals surface area contributed by atoms with Gasteiger partial charge in [-0.3, -0.25) is 43.6 Å². The monoisotopic (exact) mass is 603 g/mol. The van der Waals surface area contributed by atoms with E-state index in [1.54, 1.807) is 14.7 Å². The number of aliphatic carboxylic acids is 3. The number of carbonyl (C=O) groups excluding carboxylic acids is 2. The molecule has 1 aliphatic heterocycles. The van der Waals surface area contributed by atoms with Crippen molar-refractivity contribution in [2.75, 3.05) is 98.2 Å². The van der Waals surface area contributed by atoms with E-state index in [1.165, 1.54) is 0 Å². The number of unbranched alkanes of at least 4 members (excludes halogenated alkanes) is 1. The van der Waals surface area contributed by atoms with Gasteiger partial charge in [-0.2, -0.15) is 0 Å². The van der Waals surface area contributed by atoms with Crippen LogP contribution in [-0.4, -0.2) is 163 Å². The zero-order valence-electron chi connectivity index (χ0n) is 24.9. The number of nitrogens with one attached hydrogen (secondary N) is 3. The molecule has 0 aromatic rings. The van der Waals surface area contributed by atoms with E-state index in [2.05, 4.69) is 30.0 Å². The van der Waals surface area contributed by atoms with Crippen LogP contribution in [0.1, 0.15) is 33.1 Å². The predicted molar refractivity (Wildman–Crippen MR) is 153 cm³/mol. The Labute approximate surface area is 247 Å². The summed E-state index contributed by atoms with van der Waals surface area (Å²) in [6.07, 6.45) is 3.01. The Balaban J connectivity index is 2.58. The van der Waals surface area contributed by atoms with E-state index < -0.39 is 23.9 Å². The summed E-state index contributed by atoms with van der Waals surface area (Å²) < 4.78 is 0. The molecular formula is C26H49N7O9. The van der Waals surface area contributed by atoms with E-state index in [0.29, 0.717) is 64.8 Å². The third-order valence-corrected chi connectivity index (χ3v) is 6.56. The molecule has 16 heteroatoms. The highest BCUT2D eigenvalue weighted by atomic mass is 16.7. The number of urea groups is 1. The van der Waals surface area contributed by atoms with Crippen LogP contribution in [0.5, 0.6) is 0 Å². The zero-order valence-corrected chi connectivity index (χ0v) is 24.9. The van der Waals surface area contributed by atoms with Crippen molar-refractivity contribution in [1.29, 1.82) is 0 Å². The average molecular weight is 604 g/mol. The number of hydroxylamine groups is 1. The maximum absolute atomic E-state index is 12.6. The number of rotatable bonds is 17. The Morgan fingerprint density at radius 2 is 1.07 bits per heavy atom. The second kappa shape index (κ2) is 21.6. The summed E-state index contributed by atoms with van der Waals surface area (Å²) in [5.41, 5.74) is 2.28. The number of nitrogens with zero attached hydrogens (tertiary/aromatic N) is 4. The Bertz CT molecular complexity index is 815. The van der Waals surface area contributed by atoms with Crippen molar-refractivity contribution in [3.05, 3.63) is 0 Å². The highest BCUT2D eigenvalue weighted by Crippen LogP contribution is 2.05. The molecule has 0 aliphatic carbocycles. The quantitative estimate of drug-likeness (QED) is 0.0840. The van der Waals surface area contributed by atoms with Gasteiger partial charge >= 0.3 is 23.9 Å². The molecule has 42 heavy (non-hydrogen) atoms. The molecule has 1 heterocycles. The summed E-state index contributed by atoms with van der Waals surface area (Å²) in [6, 6.07) is -0.451. The van der Waals surface area contributed by atoms with Crippen LogP contribution in [0.3, 0.4) is 0 Å². The number of hydrogen-bond acceptors (Lipinski definition) is 10. The lowest BCUT2D eigenvalue weighted by Crippen LogP contribution is -2.50. The third kappa shape index (κ3) is 19.9. The van der Waals surface area contributed by atoms with Gasteiger partial charge in [0.15, 0.2) is 0 Å². The molecule has 0 saturated carbocycles. The highest BCUT2D eigenvalue weighted by molar-refractivity contribution is 5.78. The minimum absolute atomic E-state index is 0.00272. The van der Waals surface area contributed by atoms with Gasteiger partial charge in [-0.05, 0) is 12.3 Å². The van der Waals surface area contributed by atoms with Gasteiger partial charge < -0.3 is 26.0 Å². The van der Waals surface area contributed by atoms with Crippen molar-refractivity contribution < 1.29 is 44.1 Å². The topological polar surface area (TPSA) is 204 Å². The first kappa shape index (κ1) is 37.0. The van der Waals surface area contributed by atoms with Crippen LogP contribution in [0.4, 0.5) is 4.79 Å². The summed E-state index contributed by atoms with van der Waals surface area (Å²) in [5.74, 6) is -2.73. The van der Waals surface area contributed by atoms with E-state index in [9.17, 15) is 39.3 Å². The molecule has 242 valence electrons. The first-order valence-electron chi connectivity index (χ1n) is 14.4. The fourth-order valence-corrected chi connectivity index (χ4v) is 4.32. The minimum Gasteiger partial charge on any atom is -0.480 e. The number of amides is 3. The fourth-order valence-electron chi connectivity index (χ4n) is 4.32. The van der Waals surface area contributed by atoms with E-state index >= 15 is 0 Å². The van der Waals surface area contributed by atoms with E-state index in [0.717, 1.165) is 19.3 Å². The first-order chi connectivity index (χ1) is 19.9. The van der Waals surface area contributed by atoms with E-state index in [-0.39, 0.29) is 45.2 Å². The molecule has 0 bridgehead atoms. The van der Waals surface area contributed by atoms with Gasteiger partial charge in [0.25, 0.3) is 0 Å². The Morgan fingerprint density at radius 1 is 0.643 bits per heavy atom. The minimum atomic E-state index is -1.02. The molecule has 0 unspecified atom stereocenters. The second-order valence-corrected chi connectivity index (χ2v) is 10.7. The molecule has 1 rings (SSSR count). The summed E-state index contributed by atoms with van der Waals surface area (Å²) >= 11 is 0. The smallest absolute Gasteiger partial charge is 0.338 e. The molecule has 1 aliphatic rings. The van der Waals surface area contributed by atoms with E-state index in [1.807, 2.05) is 4.90 Å². The van der Waals surface area contributed by atoms with Crippen molar-refractivity contribution in [2.24, 2.45) is 5.92 Å². The molecule has 16 nitrogen and oxygen atoms in total. The molecule has 1 saturated heterocycles. The summed E-state index contributed by atoms with van der Waals surface area (Å²) in [7, 11) is 0. The van der Waals surface area contributed by atoms with Crippen molar-refractivity contribution in [2.45, 2.75) is 33.1 Å². The number of carboxylic acid groups (broad SMARTS) is 3. The van der Waals surface area contributed by atoms with Crippen LogP contribution >= 0.6 is 0 Å². The van der Waals surface area contributed by atoms with Crippen molar-refractivity contribution >= 4 is 29.8 Å². The van der Waals surface area contributed by atoms with Crippen LogP contribution in [0.2, 0.25) is 0 Å². The molecule has 0 radical (unpaired) electrons. The average Bonchev–Trinajstić information content (AvgIpc) is 2.88. The molecule has 0 spiro atoms. The Morgan fingerprint density at radius 3 is 1.48 bits per heavy atom. The summed E-state index contributed by atoms with van der Waals surface area (Å²) in [6.45, 7) is 6.86. The summed E-state index contributed by atoms with van der Waals surface area (Å²) in [5, 5.41) is 33.3. The number of carboxylic acids is 3. The van der Waals surface area contributed by atoms with Gasteiger partial charge in [0.1, 0.15) is 0 Å². The lowest BCUT2D eigenvalue weighted by atomic mass is 10.1. The van der Waals surface area contributed by atoms with Gasteiger partial charge in [0.2, 0.25) is 5.91 Å². The van der Waals surface area contributed by atoms with E-state index in [4.69, 9.17) is 4.84 Å². The Hall–Kier alpha value is -3.05. The Kier molecular flexibility index (Phi) is 19.0. The largest absolute Gasteiger partial charge is 0.480 e. The maximum Gasteiger partial charge on any atom is 0.338 e. The maximum atomic E-state index is 12.6. The molecule has 0 atom stereocenters. The van der Waals surface area contributed by atoms with Crippen LogP contribution in [0, 0.1) is 5.92 Å². The SMILES string of the molecule is CC(C)CCCCNC(=O)NOCCNC(=O)CN1CCN(CC(=O)O)CCN(CC(=O)O)CCN(CC(=O)O)CC1. The van der Waals surface area contributed by atoms with Crippen LogP contribution < -0.4 is 16.1 Å². The summed E-state index contributed by atoms with van der Waals surface area (Å²) in [4.78, 5) is 70.4. The van der Waals surface area contributed by atoms with Gasteiger partial charge in [0, 0.05) is 65.4 Å². The van der Waals surface area contributed by atoms with Crippen LogP contribution in [0.25, 0.3) is 0 Å².